The Labute approximate surface area is 148 Å². The van der Waals surface area contributed by atoms with Gasteiger partial charge in [0.1, 0.15) is 6.29 Å². The molecule has 1 aromatic heterocycles. The smallest absolute Gasteiger partial charge is 0.119 e. The molecule has 1 N–H and O–H groups in total. The second-order valence-electron chi connectivity index (χ2n) is 6.58. The minimum Gasteiger partial charge on any atom is -0.384 e. The summed E-state index contributed by atoms with van der Waals surface area (Å²) in [5, 5.41) is 5.60. The number of benzene rings is 1. The third kappa shape index (κ3) is 4.07. The Kier molecular flexibility index (Phi) is 6.08. The van der Waals surface area contributed by atoms with Crippen molar-refractivity contribution in [3.05, 3.63) is 34.5 Å². The maximum Gasteiger partial charge on any atom is 0.119 e. The van der Waals surface area contributed by atoms with Gasteiger partial charge in [0, 0.05) is 34.8 Å². The molecule has 0 saturated heterocycles. The molecular weight excluding hydrogens is 320 g/mol. The fraction of sp³-hybridized carbons (Fsp3) is 0.500. The number of carbonyl (C=O) groups is 1. The number of hydrogen-bond donors (Lipinski definition) is 1. The van der Waals surface area contributed by atoms with Crippen LogP contribution in [0.25, 0.3) is 10.9 Å². The van der Waals surface area contributed by atoms with Crippen molar-refractivity contribution in [2.45, 2.75) is 57.8 Å². The third-order valence-electron chi connectivity index (χ3n) is 4.78. The molecule has 0 aliphatic heterocycles. The van der Waals surface area contributed by atoms with Crippen molar-refractivity contribution in [1.29, 1.82) is 0 Å². The minimum atomic E-state index is 0.691. The maximum absolute atomic E-state index is 10.3. The lowest BCUT2D eigenvalue weighted by molar-refractivity contribution is -0.107. The quantitative estimate of drug-likeness (QED) is 0.520. The average Bonchev–Trinajstić information content (AvgIpc) is 2.60. The molecule has 0 bridgehead atoms. The zero-order valence-electron chi connectivity index (χ0n) is 14.1. The summed E-state index contributed by atoms with van der Waals surface area (Å²) in [5.74, 6) is 0. The van der Waals surface area contributed by atoms with Crippen molar-refractivity contribution in [2.24, 2.45) is 0 Å². The minimum absolute atomic E-state index is 0.691. The number of halogens is 1. The van der Waals surface area contributed by atoms with Gasteiger partial charge in [0.15, 0.2) is 0 Å². The number of hydrogen-bond acceptors (Lipinski definition) is 3. The number of rotatable bonds is 8. The van der Waals surface area contributed by atoms with E-state index in [0.29, 0.717) is 6.42 Å². The van der Waals surface area contributed by atoms with Crippen LogP contribution < -0.4 is 5.32 Å². The molecule has 1 aliphatic rings. The highest BCUT2D eigenvalue weighted by atomic mass is 35.5. The van der Waals surface area contributed by atoms with Gasteiger partial charge in [-0.3, -0.25) is 4.98 Å². The number of unbranched alkanes of at least 4 members (excludes halogenated alkanes) is 4. The van der Waals surface area contributed by atoms with E-state index in [-0.39, 0.29) is 0 Å². The summed E-state index contributed by atoms with van der Waals surface area (Å²) in [5.41, 5.74) is 4.90. The first-order valence-electron chi connectivity index (χ1n) is 9.08. The lowest BCUT2D eigenvalue weighted by Gasteiger charge is -2.22. The number of carbonyl (C=O) groups excluding carboxylic acids is 1. The topological polar surface area (TPSA) is 42.0 Å². The number of nitrogens with one attached hydrogen (secondary N) is 1. The van der Waals surface area contributed by atoms with Gasteiger partial charge in [-0.25, -0.2) is 0 Å². The number of nitrogens with zero attached hydrogens (tertiary/aromatic N) is 1. The van der Waals surface area contributed by atoms with Crippen LogP contribution in [0.1, 0.15) is 56.2 Å². The molecule has 2 aromatic rings. The Morgan fingerprint density at radius 2 is 1.96 bits per heavy atom. The van der Waals surface area contributed by atoms with Gasteiger partial charge in [-0.15, -0.1) is 0 Å². The molecule has 1 heterocycles. The van der Waals surface area contributed by atoms with Gasteiger partial charge in [-0.2, -0.15) is 0 Å². The molecule has 1 aromatic carbocycles. The Morgan fingerprint density at radius 3 is 2.83 bits per heavy atom. The van der Waals surface area contributed by atoms with Crippen LogP contribution in [0.15, 0.2) is 18.2 Å². The zero-order valence-corrected chi connectivity index (χ0v) is 14.9. The van der Waals surface area contributed by atoms with E-state index in [9.17, 15) is 4.79 Å². The molecule has 0 amide bonds. The monoisotopic (exact) mass is 344 g/mol. The summed E-state index contributed by atoms with van der Waals surface area (Å²) < 4.78 is 0. The second kappa shape index (κ2) is 8.48. The van der Waals surface area contributed by atoms with Crippen LogP contribution in [-0.4, -0.2) is 17.8 Å². The van der Waals surface area contributed by atoms with Crippen LogP contribution in [0.2, 0.25) is 5.02 Å². The number of aldehydes is 1. The summed E-state index contributed by atoms with van der Waals surface area (Å²) >= 11 is 6.16. The molecule has 0 atom stereocenters. The fourth-order valence-electron chi connectivity index (χ4n) is 3.52. The van der Waals surface area contributed by atoms with Gasteiger partial charge in [-0.1, -0.05) is 24.4 Å². The second-order valence-corrected chi connectivity index (χ2v) is 7.01. The van der Waals surface area contributed by atoms with Crippen LogP contribution in [0, 0.1) is 0 Å². The predicted octanol–water partition coefficient (Wildman–Crippen LogP) is 5.33. The molecule has 0 radical (unpaired) electrons. The first kappa shape index (κ1) is 17.2. The molecular formula is C20H25ClN2O. The number of pyridine rings is 1. The fourth-order valence-corrected chi connectivity index (χ4v) is 3.69. The number of aromatic nitrogens is 1. The van der Waals surface area contributed by atoms with E-state index < -0.39 is 0 Å². The molecule has 3 rings (SSSR count). The standard InChI is InChI=1S/C20H25ClN2O/c21-15-10-11-17-19(14-15)23-18-9-5-4-8-16(18)20(17)22-12-6-2-1-3-7-13-24/h10-11,13-14H,1-9,12H2,(H,22,23). The molecule has 24 heavy (non-hydrogen) atoms. The van der Waals surface area contributed by atoms with E-state index in [2.05, 4.69) is 11.4 Å². The predicted molar refractivity (Wildman–Crippen MR) is 101 cm³/mol. The first-order chi connectivity index (χ1) is 11.8. The number of fused-ring (bicyclic) bond motifs is 2. The van der Waals surface area contributed by atoms with Gasteiger partial charge >= 0.3 is 0 Å². The Bertz CT molecular complexity index is 714. The van der Waals surface area contributed by atoms with Crippen molar-refractivity contribution in [3.8, 4) is 0 Å². The molecule has 0 saturated carbocycles. The van der Waals surface area contributed by atoms with Gasteiger partial charge in [-0.05, 0) is 62.3 Å². The Balaban J connectivity index is 1.74. The Morgan fingerprint density at radius 1 is 1.12 bits per heavy atom. The number of aryl methyl sites for hydroxylation is 1. The van der Waals surface area contributed by atoms with Gasteiger partial charge in [0.05, 0.1) is 5.52 Å². The summed E-state index contributed by atoms with van der Waals surface area (Å²) in [6.45, 7) is 0.968. The highest BCUT2D eigenvalue weighted by Gasteiger charge is 2.18. The highest BCUT2D eigenvalue weighted by molar-refractivity contribution is 6.31. The van der Waals surface area contributed by atoms with Crippen molar-refractivity contribution >= 4 is 34.5 Å². The van der Waals surface area contributed by atoms with E-state index in [0.717, 1.165) is 61.9 Å². The maximum atomic E-state index is 10.3. The SMILES string of the molecule is O=CCCCCCCNc1c2c(nc3cc(Cl)ccc13)CCCC2. The van der Waals surface area contributed by atoms with Crippen molar-refractivity contribution in [3.63, 3.8) is 0 Å². The van der Waals surface area contributed by atoms with Gasteiger partial charge < -0.3 is 10.1 Å². The van der Waals surface area contributed by atoms with E-state index in [4.69, 9.17) is 16.6 Å². The largest absolute Gasteiger partial charge is 0.384 e. The van der Waals surface area contributed by atoms with Crippen LogP contribution in [-0.2, 0) is 17.6 Å². The third-order valence-corrected chi connectivity index (χ3v) is 5.01. The highest BCUT2D eigenvalue weighted by Crippen LogP contribution is 2.34. The van der Waals surface area contributed by atoms with Crippen molar-refractivity contribution in [2.75, 3.05) is 11.9 Å². The molecule has 1 aliphatic carbocycles. The lowest BCUT2D eigenvalue weighted by Crippen LogP contribution is -2.12. The van der Waals surface area contributed by atoms with Crippen LogP contribution in [0.5, 0.6) is 0 Å². The average molecular weight is 345 g/mol. The molecule has 128 valence electrons. The summed E-state index contributed by atoms with van der Waals surface area (Å²) in [6.07, 6.45) is 10.8. The number of anilines is 1. The summed E-state index contributed by atoms with van der Waals surface area (Å²) in [6, 6.07) is 6.01. The molecule has 0 unspecified atom stereocenters. The summed E-state index contributed by atoms with van der Waals surface area (Å²) in [4.78, 5) is 15.2. The van der Waals surface area contributed by atoms with Crippen LogP contribution >= 0.6 is 11.6 Å². The molecule has 3 nitrogen and oxygen atoms in total. The van der Waals surface area contributed by atoms with E-state index in [1.807, 2.05) is 12.1 Å². The molecule has 4 heteroatoms. The van der Waals surface area contributed by atoms with Crippen LogP contribution in [0.3, 0.4) is 0 Å². The van der Waals surface area contributed by atoms with E-state index >= 15 is 0 Å². The van der Waals surface area contributed by atoms with Crippen molar-refractivity contribution in [1.82, 2.24) is 4.98 Å². The molecule has 0 spiro atoms. The van der Waals surface area contributed by atoms with Gasteiger partial charge in [0.2, 0.25) is 0 Å². The molecule has 0 fully saturated rings. The first-order valence-corrected chi connectivity index (χ1v) is 9.46. The Hall–Kier alpha value is -1.61. The zero-order chi connectivity index (χ0) is 16.8. The van der Waals surface area contributed by atoms with Crippen LogP contribution in [0.4, 0.5) is 5.69 Å². The summed E-state index contributed by atoms with van der Waals surface area (Å²) in [7, 11) is 0. The van der Waals surface area contributed by atoms with Crippen molar-refractivity contribution < 1.29 is 4.79 Å². The lowest BCUT2D eigenvalue weighted by atomic mass is 9.92. The van der Waals surface area contributed by atoms with Gasteiger partial charge in [0.25, 0.3) is 0 Å². The van der Waals surface area contributed by atoms with E-state index in [1.54, 1.807) is 0 Å². The van der Waals surface area contributed by atoms with E-state index in [1.165, 1.54) is 35.2 Å². The normalized spacial score (nSPS) is 13.7.